The van der Waals surface area contributed by atoms with Crippen LogP contribution in [0.4, 0.5) is 0 Å². The van der Waals surface area contributed by atoms with E-state index >= 15 is 0 Å². The number of hydrogen-bond acceptors (Lipinski definition) is 4. The fourth-order valence-electron chi connectivity index (χ4n) is 2.35. The molecule has 0 aromatic heterocycles. The number of benzene rings is 1. The highest BCUT2D eigenvalue weighted by Crippen LogP contribution is 2.23. The van der Waals surface area contributed by atoms with Crippen molar-refractivity contribution >= 4 is 0 Å². The molecule has 0 atom stereocenters. The number of aryl methyl sites for hydroxylation is 1. The maximum atomic E-state index is 6.00. The van der Waals surface area contributed by atoms with Crippen molar-refractivity contribution in [3.8, 4) is 5.75 Å². The Bertz CT molecular complexity index is 390. The monoisotopic (exact) mass is 264 g/mol. The van der Waals surface area contributed by atoms with Crippen LogP contribution in [-0.4, -0.2) is 51.4 Å². The molecule has 106 valence electrons. The molecule has 4 nitrogen and oxygen atoms in total. The minimum absolute atomic E-state index is 0.738. The van der Waals surface area contributed by atoms with Crippen molar-refractivity contribution in [2.75, 3.05) is 46.5 Å². The van der Waals surface area contributed by atoms with Crippen molar-refractivity contribution in [2.45, 2.75) is 13.5 Å². The predicted octanol–water partition coefficient (Wildman–Crippen LogP) is 1.43. The molecule has 1 fully saturated rings. The first-order valence-electron chi connectivity index (χ1n) is 6.97. The molecule has 0 aliphatic carbocycles. The number of rotatable bonds is 6. The van der Waals surface area contributed by atoms with Gasteiger partial charge in [0.05, 0.1) is 13.2 Å². The van der Waals surface area contributed by atoms with Crippen molar-refractivity contribution in [3.05, 3.63) is 29.3 Å². The second-order valence-electron chi connectivity index (χ2n) is 4.90. The molecular formula is C15H24N2O2. The topological polar surface area (TPSA) is 33.7 Å². The van der Waals surface area contributed by atoms with E-state index in [1.165, 1.54) is 11.1 Å². The Labute approximate surface area is 115 Å². The third kappa shape index (κ3) is 4.20. The fraction of sp³-hybridized carbons (Fsp3) is 0.600. The molecule has 1 heterocycles. The normalized spacial score (nSPS) is 16.5. The van der Waals surface area contributed by atoms with E-state index in [0.29, 0.717) is 0 Å². The molecule has 0 spiro atoms. The average molecular weight is 264 g/mol. The molecule has 2 rings (SSSR count). The fourth-order valence-corrected chi connectivity index (χ4v) is 2.35. The summed E-state index contributed by atoms with van der Waals surface area (Å²) in [4.78, 5) is 2.39. The summed E-state index contributed by atoms with van der Waals surface area (Å²) in [6.07, 6.45) is 0. The van der Waals surface area contributed by atoms with E-state index in [9.17, 15) is 0 Å². The van der Waals surface area contributed by atoms with Gasteiger partial charge in [-0.05, 0) is 19.5 Å². The number of nitrogens with one attached hydrogen (secondary N) is 1. The van der Waals surface area contributed by atoms with E-state index in [1.54, 1.807) is 0 Å². The van der Waals surface area contributed by atoms with Crippen LogP contribution >= 0.6 is 0 Å². The molecule has 0 bridgehead atoms. The summed E-state index contributed by atoms with van der Waals surface area (Å²) in [5.41, 5.74) is 2.43. The predicted molar refractivity (Wildman–Crippen MR) is 76.7 cm³/mol. The van der Waals surface area contributed by atoms with Crippen LogP contribution in [0.2, 0.25) is 0 Å². The summed E-state index contributed by atoms with van der Waals surface area (Å²) >= 11 is 0. The van der Waals surface area contributed by atoms with E-state index in [0.717, 1.165) is 51.7 Å². The van der Waals surface area contributed by atoms with E-state index in [4.69, 9.17) is 9.47 Å². The van der Waals surface area contributed by atoms with Gasteiger partial charge in [0.15, 0.2) is 0 Å². The molecule has 1 aliphatic rings. The molecule has 0 saturated carbocycles. The number of nitrogens with zero attached hydrogens (tertiary/aromatic N) is 1. The summed E-state index contributed by atoms with van der Waals surface area (Å²) < 4.78 is 11.3. The molecule has 1 aromatic carbocycles. The van der Waals surface area contributed by atoms with E-state index in [-0.39, 0.29) is 0 Å². The lowest BCUT2D eigenvalue weighted by Gasteiger charge is -2.26. The van der Waals surface area contributed by atoms with Crippen molar-refractivity contribution in [1.82, 2.24) is 10.2 Å². The van der Waals surface area contributed by atoms with Crippen molar-refractivity contribution in [3.63, 3.8) is 0 Å². The van der Waals surface area contributed by atoms with Crippen molar-refractivity contribution in [1.29, 1.82) is 0 Å². The molecule has 0 amide bonds. The lowest BCUT2D eigenvalue weighted by molar-refractivity contribution is 0.0321. The first-order valence-corrected chi connectivity index (χ1v) is 6.97. The van der Waals surface area contributed by atoms with E-state index in [2.05, 4.69) is 35.3 Å². The van der Waals surface area contributed by atoms with Gasteiger partial charge in [0.1, 0.15) is 12.4 Å². The number of hydrogen-bond donors (Lipinski definition) is 1. The van der Waals surface area contributed by atoms with Crippen LogP contribution in [0, 0.1) is 6.92 Å². The lowest BCUT2D eigenvalue weighted by Crippen LogP contribution is -2.38. The maximum Gasteiger partial charge on any atom is 0.126 e. The van der Waals surface area contributed by atoms with Crippen molar-refractivity contribution in [2.24, 2.45) is 0 Å². The largest absolute Gasteiger partial charge is 0.492 e. The first kappa shape index (κ1) is 14.3. The SMILES string of the molecule is CNCc1cccc(C)c1OCCN1CCOCC1. The zero-order valence-electron chi connectivity index (χ0n) is 11.9. The maximum absolute atomic E-state index is 6.00. The number of para-hydroxylation sites is 1. The summed E-state index contributed by atoms with van der Waals surface area (Å²) in [7, 11) is 1.96. The average Bonchev–Trinajstić information content (AvgIpc) is 2.43. The third-order valence-electron chi connectivity index (χ3n) is 3.42. The second-order valence-corrected chi connectivity index (χ2v) is 4.90. The van der Waals surface area contributed by atoms with Gasteiger partial charge >= 0.3 is 0 Å². The standard InChI is InChI=1S/C15H24N2O2/c1-13-4-3-5-14(12-16-2)15(13)19-11-8-17-6-9-18-10-7-17/h3-5,16H,6-12H2,1-2H3. The molecule has 19 heavy (non-hydrogen) atoms. The van der Waals surface area contributed by atoms with Gasteiger partial charge in [0, 0.05) is 31.7 Å². The highest BCUT2D eigenvalue weighted by atomic mass is 16.5. The lowest BCUT2D eigenvalue weighted by atomic mass is 10.1. The van der Waals surface area contributed by atoms with Crippen LogP contribution in [0.5, 0.6) is 5.75 Å². The van der Waals surface area contributed by atoms with E-state index in [1.807, 2.05) is 7.05 Å². The number of ether oxygens (including phenoxy) is 2. The number of morpholine rings is 1. The quantitative estimate of drug-likeness (QED) is 0.842. The van der Waals surface area contributed by atoms with Crippen molar-refractivity contribution < 1.29 is 9.47 Å². The Kier molecular flexibility index (Phi) is 5.63. The Hall–Kier alpha value is -1.10. The molecule has 1 aromatic rings. The third-order valence-corrected chi connectivity index (χ3v) is 3.42. The first-order chi connectivity index (χ1) is 9.31. The summed E-state index contributed by atoms with van der Waals surface area (Å²) in [5.74, 6) is 1.03. The molecule has 1 N–H and O–H groups in total. The molecule has 0 radical (unpaired) electrons. The van der Waals surface area contributed by atoms with Crippen LogP contribution in [0.25, 0.3) is 0 Å². The summed E-state index contributed by atoms with van der Waals surface area (Å²) in [6, 6.07) is 6.30. The van der Waals surface area contributed by atoms with Gasteiger partial charge in [-0.1, -0.05) is 18.2 Å². The Morgan fingerprint density at radius 3 is 2.84 bits per heavy atom. The van der Waals surface area contributed by atoms with Crippen LogP contribution in [0.1, 0.15) is 11.1 Å². The summed E-state index contributed by atoms with van der Waals surface area (Å²) in [6.45, 7) is 8.36. The Balaban J connectivity index is 1.87. The molecular weight excluding hydrogens is 240 g/mol. The van der Waals surface area contributed by atoms with Gasteiger partial charge < -0.3 is 14.8 Å². The zero-order chi connectivity index (χ0) is 13.5. The highest BCUT2D eigenvalue weighted by Gasteiger charge is 2.11. The smallest absolute Gasteiger partial charge is 0.126 e. The van der Waals surface area contributed by atoms with Crippen LogP contribution < -0.4 is 10.1 Å². The van der Waals surface area contributed by atoms with Crippen LogP contribution in [-0.2, 0) is 11.3 Å². The van der Waals surface area contributed by atoms with Gasteiger partial charge in [-0.3, -0.25) is 4.90 Å². The molecule has 1 saturated heterocycles. The minimum Gasteiger partial charge on any atom is -0.492 e. The summed E-state index contributed by atoms with van der Waals surface area (Å²) in [5, 5.41) is 3.18. The van der Waals surface area contributed by atoms with Gasteiger partial charge in [0.25, 0.3) is 0 Å². The molecule has 0 unspecified atom stereocenters. The van der Waals surface area contributed by atoms with Crippen LogP contribution in [0.3, 0.4) is 0 Å². The Morgan fingerprint density at radius 2 is 2.11 bits per heavy atom. The van der Waals surface area contributed by atoms with Crippen LogP contribution in [0.15, 0.2) is 18.2 Å². The molecule has 4 heteroatoms. The molecule has 1 aliphatic heterocycles. The van der Waals surface area contributed by atoms with Gasteiger partial charge in [0.2, 0.25) is 0 Å². The minimum atomic E-state index is 0.738. The van der Waals surface area contributed by atoms with E-state index < -0.39 is 0 Å². The second kappa shape index (κ2) is 7.48. The van der Waals surface area contributed by atoms with Gasteiger partial charge in [-0.15, -0.1) is 0 Å². The van der Waals surface area contributed by atoms with Gasteiger partial charge in [-0.2, -0.15) is 0 Å². The highest BCUT2D eigenvalue weighted by molar-refractivity contribution is 5.40. The van der Waals surface area contributed by atoms with Gasteiger partial charge in [-0.25, -0.2) is 0 Å². The zero-order valence-corrected chi connectivity index (χ0v) is 11.9. The Morgan fingerprint density at radius 1 is 1.32 bits per heavy atom.